The monoisotopic (exact) mass is 251 g/mol. The van der Waals surface area contributed by atoms with Gasteiger partial charge in [0.05, 0.1) is 7.11 Å². The Morgan fingerprint density at radius 1 is 1.50 bits per heavy atom. The molecule has 1 aromatic carbocycles. The fourth-order valence-electron chi connectivity index (χ4n) is 1.63. The molecule has 6 heteroatoms. The van der Waals surface area contributed by atoms with E-state index in [1.54, 1.807) is 0 Å². The minimum absolute atomic E-state index is 0.0180. The van der Waals surface area contributed by atoms with Crippen molar-refractivity contribution in [3.05, 3.63) is 35.3 Å². The Balaban J connectivity index is 2.59. The van der Waals surface area contributed by atoms with Gasteiger partial charge in [0.2, 0.25) is 0 Å². The van der Waals surface area contributed by atoms with Gasteiger partial charge in [0.15, 0.2) is 11.6 Å². The smallest absolute Gasteiger partial charge is 0.341 e. The minimum atomic E-state index is -1.15. The van der Waals surface area contributed by atoms with Gasteiger partial charge >= 0.3 is 5.97 Å². The van der Waals surface area contributed by atoms with E-state index in [2.05, 4.69) is 5.16 Å². The third-order valence-corrected chi connectivity index (χ3v) is 2.50. The maximum atomic E-state index is 13.3. The molecule has 5 nitrogen and oxygen atoms in total. The van der Waals surface area contributed by atoms with Crippen molar-refractivity contribution in [2.75, 3.05) is 7.11 Å². The number of aromatic nitrogens is 1. The van der Waals surface area contributed by atoms with Crippen molar-refractivity contribution in [1.82, 2.24) is 5.16 Å². The van der Waals surface area contributed by atoms with E-state index >= 15 is 0 Å². The van der Waals surface area contributed by atoms with E-state index in [0.29, 0.717) is 5.56 Å². The van der Waals surface area contributed by atoms with Crippen molar-refractivity contribution in [3.63, 3.8) is 0 Å². The van der Waals surface area contributed by atoms with E-state index in [9.17, 15) is 9.18 Å². The standard InChI is InChI=1S/C12H10FNO4/c1-6-10(12(15)16)11(14-18-6)7-3-4-8(13)9(5-7)17-2/h3-5H,1-2H3,(H,15,16). The van der Waals surface area contributed by atoms with E-state index in [-0.39, 0.29) is 22.8 Å². The Morgan fingerprint density at radius 2 is 2.22 bits per heavy atom. The first-order valence-corrected chi connectivity index (χ1v) is 5.08. The highest BCUT2D eigenvalue weighted by atomic mass is 19.1. The predicted molar refractivity (Wildman–Crippen MR) is 60.1 cm³/mol. The van der Waals surface area contributed by atoms with Crippen molar-refractivity contribution in [2.45, 2.75) is 6.92 Å². The summed E-state index contributed by atoms with van der Waals surface area (Å²) < 4.78 is 22.9. The molecule has 18 heavy (non-hydrogen) atoms. The number of rotatable bonds is 3. The molecule has 1 N–H and O–H groups in total. The molecule has 0 aliphatic rings. The number of methoxy groups -OCH3 is 1. The van der Waals surface area contributed by atoms with Crippen LogP contribution < -0.4 is 4.74 Å². The highest BCUT2D eigenvalue weighted by molar-refractivity contribution is 5.95. The SMILES string of the molecule is COc1cc(-c2noc(C)c2C(=O)O)ccc1F. The first kappa shape index (κ1) is 12.1. The zero-order valence-corrected chi connectivity index (χ0v) is 9.73. The number of ether oxygens (including phenoxy) is 1. The average molecular weight is 251 g/mol. The van der Waals surface area contributed by atoms with Gasteiger partial charge in [-0.05, 0) is 25.1 Å². The second kappa shape index (κ2) is 4.48. The fourth-order valence-corrected chi connectivity index (χ4v) is 1.63. The molecule has 0 radical (unpaired) electrons. The van der Waals surface area contributed by atoms with Gasteiger partial charge in [-0.25, -0.2) is 9.18 Å². The summed E-state index contributed by atoms with van der Waals surface area (Å²) in [6, 6.07) is 3.98. The van der Waals surface area contributed by atoms with Gasteiger partial charge in [-0.2, -0.15) is 0 Å². The van der Waals surface area contributed by atoms with Crippen LogP contribution in [0.15, 0.2) is 22.7 Å². The molecule has 2 rings (SSSR count). The van der Waals surface area contributed by atoms with Gasteiger partial charge in [-0.3, -0.25) is 0 Å². The van der Waals surface area contributed by atoms with Gasteiger partial charge in [0, 0.05) is 5.56 Å². The number of aromatic carboxylic acids is 1. The summed E-state index contributed by atoms with van der Waals surface area (Å²) in [6.07, 6.45) is 0. The van der Waals surface area contributed by atoms with Crippen LogP contribution in [0.2, 0.25) is 0 Å². The van der Waals surface area contributed by atoms with Gasteiger partial charge in [0.25, 0.3) is 0 Å². The number of hydrogen-bond acceptors (Lipinski definition) is 4. The number of aryl methyl sites for hydroxylation is 1. The van der Waals surface area contributed by atoms with Crippen molar-refractivity contribution in [2.24, 2.45) is 0 Å². The largest absolute Gasteiger partial charge is 0.494 e. The number of carboxylic acid groups (broad SMARTS) is 1. The maximum absolute atomic E-state index is 13.3. The summed E-state index contributed by atoms with van der Waals surface area (Å²) in [7, 11) is 1.33. The molecule has 0 spiro atoms. The molecule has 0 atom stereocenters. The first-order chi connectivity index (χ1) is 8.54. The molecule has 0 saturated heterocycles. The first-order valence-electron chi connectivity index (χ1n) is 5.08. The van der Waals surface area contributed by atoms with E-state index in [1.165, 1.54) is 32.2 Å². The van der Waals surface area contributed by atoms with Crippen LogP contribution >= 0.6 is 0 Å². The molecular formula is C12H10FNO4. The number of benzene rings is 1. The van der Waals surface area contributed by atoms with Crippen molar-refractivity contribution >= 4 is 5.97 Å². The normalized spacial score (nSPS) is 10.4. The summed E-state index contributed by atoms with van der Waals surface area (Å²) >= 11 is 0. The summed E-state index contributed by atoms with van der Waals surface area (Å²) in [5, 5.41) is 12.8. The van der Waals surface area contributed by atoms with Crippen LogP contribution in [-0.4, -0.2) is 23.3 Å². The molecule has 94 valence electrons. The summed E-state index contributed by atoms with van der Waals surface area (Å²) in [5.41, 5.74) is 0.532. The topological polar surface area (TPSA) is 72.6 Å². The van der Waals surface area contributed by atoms with Gasteiger partial charge in [0.1, 0.15) is 17.0 Å². The molecule has 0 aliphatic heterocycles. The van der Waals surface area contributed by atoms with E-state index < -0.39 is 11.8 Å². The average Bonchev–Trinajstić information content (AvgIpc) is 2.72. The highest BCUT2D eigenvalue weighted by Crippen LogP contribution is 2.29. The maximum Gasteiger partial charge on any atom is 0.341 e. The van der Waals surface area contributed by atoms with Crippen molar-refractivity contribution < 1.29 is 23.6 Å². The zero-order valence-electron chi connectivity index (χ0n) is 9.73. The lowest BCUT2D eigenvalue weighted by Crippen LogP contribution is -1.99. The van der Waals surface area contributed by atoms with Crippen molar-refractivity contribution in [1.29, 1.82) is 0 Å². The van der Waals surface area contributed by atoms with Gasteiger partial charge < -0.3 is 14.4 Å². The van der Waals surface area contributed by atoms with Crippen LogP contribution in [0, 0.1) is 12.7 Å². The predicted octanol–water partition coefficient (Wildman–Crippen LogP) is 2.50. The Labute approximate surface area is 102 Å². The van der Waals surface area contributed by atoms with Crippen molar-refractivity contribution in [3.8, 4) is 17.0 Å². The molecule has 0 unspecified atom stereocenters. The summed E-state index contributed by atoms with van der Waals surface area (Å²) in [4.78, 5) is 11.1. The number of nitrogens with zero attached hydrogens (tertiary/aromatic N) is 1. The lowest BCUT2D eigenvalue weighted by molar-refractivity contribution is 0.0696. The zero-order chi connectivity index (χ0) is 13.3. The molecule has 1 aromatic heterocycles. The lowest BCUT2D eigenvalue weighted by Gasteiger charge is -2.04. The van der Waals surface area contributed by atoms with Gasteiger partial charge in [-0.15, -0.1) is 0 Å². The Hall–Kier alpha value is -2.37. The molecule has 0 amide bonds. The van der Waals surface area contributed by atoms with Crippen LogP contribution in [0.4, 0.5) is 4.39 Å². The molecule has 2 aromatic rings. The molecular weight excluding hydrogens is 241 g/mol. The van der Waals surface area contributed by atoms with E-state index in [1.807, 2.05) is 0 Å². The van der Waals surface area contributed by atoms with Crippen LogP contribution in [0.3, 0.4) is 0 Å². The molecule has 0 aliphatic carbocycles. The molecule has 0 bridgehead atoms. The number of carbonyl (C=O) groups is 1. The lowest BCUT2D eigenvalue weighted by atomic mass is 10.1. The molecule has 0 fully saturated rings. The second-order valence-electron chi connectivity index (χ2n) is 3.62. The quantitative estimate of drug-likeness (QED) is 0.907. The Bertz CT molecular complexity index is 606. The third-order valence-electron chi connectivity index (χ3n) is 2.50. The summed E-state index contributed by atoms with van der Waals surface area (Å²) in [6.45, 7) is 1.50. The second-order valence-corrected chi connectivity index (χ2v) is 3.62. The van der Waals surface area contributed by atoms with Crippen LogP contribution in [0.25, 0.3) is 11.3 Å². The number of halogens is 1. The fraction of sp³-hybridized carbons (Fsp3) is 0.167. The Kier molecular flexibility index (Phi) is 3.01. The van der Waals surface area contributed by atoms with E-state index in [4.69, 9.17) is 14.4 Å². The minimum Gasteiger partial charge on any atom is -0.494 e. The van der Waals surface area contributed by atoms with Crippen LogP contribution in [0.1, 0.15) is 16.1 Å². The summed E-state index contributed by atoms with van der Waals surface area (Å²) in [5.74, 6) is -1.46. The molecule has 1 heterocycles. The van der Waals surface area contributed by atoms with Gasteiger partial charge in [-0.1, -0.05) is 5.16 Å². The third kappa shape index (κ3) is 1.92. The Morgan fingerprint density at radius 3 is 2.83 bits per heavy atom. The van der Waals surface area contributed by atoms with Crippen LogP contribution in [0.5, 0.6) is 5.75 Å². The molecule has 0 saturated carbocycles. The van der Waals surface area contributed by atoms with Crippen LogP contribution in [-0.2, 0) is 0 Å². The highest BCUT2D eigenvalue weighted by Gasteiger charge is 2.21. The van der Waals surface area contributed by atoms with E-state index in [0.717, 1.165) is 0 Å². The number of hydrogen-bond donors (Lipinski definition) is 1. The number of carboxylic acids is 1.